The van der Waals surface area contributed by atoms with Gasteiger partial charge in [-0.15, -0.1) is 0 Å². The summed E-state index contributed by atoms with van der Waals surface area (Å²) in [6.07, 6.45) is 0. The highest BCUT2D eigenvalue weighted by molar-refractivity contribution is 7.46. The van der Waals surface area contributed by atoms with E-state index in [4.69, 9.17) is 0 Å². The molecule has 0 spiro atoms. The van der Waals surface area contributed by atoms with Crippen molar-refractivity contribution >= 4 is 25.5 Å². The molecule has 0 saturated heterocycles. The standard InChI is InChI=1S/C21H20NOP/c1-15-9-3-4-10-16(15)21(23)22-19-13-7-5-11-17(19)18-12-6-8-14-20(18)24-2/h3-14,24H,1-2H3,(H,22,23). The summed E-state index contributed by atoms with van der Waals surface area (Å²) in [5.41, 5.74) is 4.76. The van der Waals surface area contributed by atoms with Crippen LogP contribution in [0, 0.1) is 6.92 Å². The summed E-state index contributed by atoms with van der Waals surface area (Å²) < 4.78 is 0. The molecule has 0 radical (unpaired) electrons. The molecule has 0 bridgehead atoms. The smallest absolute Gasteiger partial charge is 0.255 e. The number of nitrogens with one attached hydrogen (secondary N) is 1. The largest absolute Gasteiger partial charge is 0.321 e. The third kappa shape index (κ3) is 3.39. The summed E-state index contributed by atoms with van der Waals surface area (Å²) in [6, 6.07) is 24.0. The van der Waals surface area contributed by atoms with Gasteiger partial charge in [-0.2, -0.15) is 0 Å². The Balaban J connectivity index is 1.99. The third-order valence-electron chi connectivity index (χ3n) is 4.05. The molecule has 0 aliphatic carbocycles. The number of benzene rings is 3. The second-order valence-electron chi connectivity index (χ2n) is 5.61. The summed E-state index contributed by atoms with van der Waals surface area (Å²) in [5.74, 6) is -0.0722. The predicted octanol–water partition coefficient (Wildman–Crippen LogP) is 4.85. The minimum absolute atomic E-state index is 0.0722. The van der Waals surface area contributed by atoms with Crippen LogP contribution in [-0.4, -0.2) is 12.6 Å². The summed E-state index contributed by atoms with van der Waals surface area (Å²) in [7, 11) is 0.705. The molecule has 120 valence electrons. The average Bonchev–Trinajstić information content (AvgIpc) is 2.62. The number of para-hydroxylation sites is 1. The van der Waals surface area contributed by atoms with Crippen LogP contribution in [-0.2, 0) is 0 Å². The molecule has 0 aliphatic heterocycles. The van der Waals surface area contributed by atoms with Crippen LogP contribution in [0.2, 0.25) is 0 Å². The molecule has 3 aromatic rings. The molecule has 0 aliphatic rings. The molecule has 0 heterocycles. The topological polar surface area (TPSA) is 29.1 Å². The summed E-state index contributed by atoms with van der Waals surface area (Å²) in [4.78, 5) is 12.7. The molecule has 3 aromatic carbocycles. The molecule has 2 nitrogen and oxygen atoms in total. The zero-order chi connectivity index (χ0) is 16.9. The van der Waals surface area contributed by atoms with Crippen molar-refractivity contribution in [2.24, 2.45) is 0 Å². The van der Waals surface area contributed by atoms with E-state index in [-0.39, 0.29) is 5.91 Å². The molecule has 1 amide bonds. The number of hydrogen-bond acceptors (Lipinski definition) is 1. The number of amides is 1. The first-order valence-electron chi connectivity index (χ1n) is 7.94. The zero-order valence-electron chi connectivity index (χ0n) is 13.8. The number of anilines is 1. The van der Waals surface area contributed by atoms with Crippen molar-refractivity contribution in [3.63, 3.8) is 0 Å². The zero-order valence-corrected chi connectivity index (χ0v) is 14.8. The minimum atomic E-state index is -0.0722. The SMILES string of the molecule is CPc1ccccc1-c1ccccc1NC(=O)c1ccccc1C. The lowest BCUT2D eigenvalue weighted by Gasteiger charge is -2.14. The second-order valence-corrected chi connectivity index (χ2v) is 6.65. The van der Waals surface area contributed by atoms with Gasteiger partial charge in [0.2, 0.25) is 0 Å². The molecule has 24 heavy (non-hydrogen) atoms. The van der Waals surface area contributed by atoms with Crippen LogP contribution in [0.15, 0.2) is 72.8 Å². The van der Waals surface area contributed by atoms with E-state index in [9.17, 15) is 4.79 Å². The predicted molar refractivity (Wildman–Crippen MR) is 105 cm³/mol. The summed E-state index contributed by atoms with van der Waals surface area (Å²) in [6.45, 7) is 4.13. The maximum atomic E-state index is 12.7. The van der Waals surface area contributed by atoms with Gasteiger partial charge in [-0.3, -0.25) is 4.79 Å². The molecule has 0 aromatic heterocycles. The molecular formula is C21H20NOP. The van der Waals surface area contributed by atoms with Gasteiger partial charge in [0, 0.05) is 16.8 Å². The summed E-state index contributed by atoms with van der Waals surface area (Å²) in [5, 5.41) is 4.38. The Kier molecular flexibility index (Phi) is 5.08. The third-order valence-corrected chi connectivity index (χ3v) is 5.03. The van der Waals surface area contributed by atoms with E-state index < -0.39 is 0 Å². The van der Waals surface area contributed by atoms with Gasteiger partial charge in [-0.05, 0) is 42.2 Å². The molecular weight excluding hydrogens is 313 g/mol. The molecule has 1 N–H and O–H groups in total. The van der Waals surface area contributed by atoms with Gasteiger partial charge in [0.15, 0.2) is 0 Å². The van der Waals surface area contributed by atoms with Crippen LogP contribution < -0.4 is 10.6 Å². The van der Waals surface area contributed by atoms with E-state index in [1.165, 1.54) is 10.9 Å². The van der Waals surface area contributed by atoms with E-state index >= 15 is 0 Å². The van der Waals surface area contributed by atoms with Crippen LogP contribution in [0.5, 0.6) is 0 Å². The Labute approximate surface area is 144 Å². The number of hydrogen-bond donors (Lipinski definition) is 1. The maximum absolute atomic E-state index is 12.7. The van der Waals surface area contributed by atoms with Crippen molar-refractivity contribution in [2.45, 2.75) is 6.92 Å². The lowest BCUT2D eigenvalue weighted by molar-refractivity contribution is 0.102. The molecule has 0 fully saturated rings. The quantitative estimate of drug-likeness (QED) is 0.680. The fourth-order valence-electron chi connectivity index (χ4n) is 2.78. The fraction of sp³-hybridized carbons (Fsp3) is 0.0952. The Morgan fingerprint density at radius 2 is 1.46 bits per heavy atom. The van der Waals surface area contributed by atoms with E-state index in [1.807, 2.05) is 55.5 Å². The fourth-order valence-corrected chi connectivity index (χ4v) is 3.53. The Hall–Kier alpha value is -2.44. The average molecular weight is 333 g/mol. The number of carbonyl (C=O) groups excluding carboxylic acids is 1. The first-order chi connectivity index (χ1) is 11.7. The van der Waals surface area contributed by atoms with Gasteiger partial charge in [-0.1, -0.05) is 69.2 Å². The number of carbonyl (C=O) groups is 1. The van der Waals surface area contributed by atoms with Crippen molar-refractivity contribution in [3.05, 3.63) is 83.9 Å². The van der Waals surface area contributed by atoms with E-state index in [0.717, 1.165) is 16.8 Å². The van der Waals surface area contributed by atoms with E-state index in [2.05, 4.69) is 36.2 Å². The lowest BCUT2D eigenvalue weighted by atomic mass is 10.0. The molecule has 1 atom stereocenters. The highest BCUT2D eigenvalue weighted by Gasteiger charge is 2.13. The first kappa shape index (κ1) is 16.4. The maximum Gasteiger partial charge on any atom is 0.255 e. The van der Waals surface area contributed by atoms with Gasteiger partial charge < -0.3 is 5.32 Å². The molecule has 3 heteroatoms. The first-order valence-corrected chi connectivity index (χ1v) is 9.44. The second kappa shape index (κ2) is 7.42. The van der Waals surface area contributed by atoms with E-state index in [0.29, 0.717) is 14.1 Å². The lowest BCUT2D eigenvalue weighted by Crippen LogP contribution is -2.14. The van der Waals surface area contributed by atoms with Crippen molar-refractivity contribution in [1.29, 1.82) is 0 Å². The van der Waals surface area contributed by atoms with Gasteiger partial charge >= 0.3 is 0 Å². The normalized spacial score (nSPS) is 10.9. The Morgan fingerprint density at radius 3 is 2.21 bits per heavy atom. The highest BCUT2D eigenvalue weighted by Crippen LogP contribution is 2.29. The van der Waals surface area contributed by atoms with Gasteiger partial charge in [0.05, 0.1) is 0 Å². The van der Waals surface area contributed by atoms with Crippen molar-refractivity contribution in [2.75, 3.05) is 12.0 Å². The van der Waals surface area contributed by atoms with Crippen LogP contribution in [0.25, 0.3) is 11.1 Å². The van der Waals surface area contributed by atoms with Crippen LogP contribution in [0.4, 0.5) is 5.69 Å². The van der Waals surface area contributed by atoms with Crippen LogP contribution >= 0.6 is 8.58 Å². The number of aryl methyl sites for hydroxylation is 1. The van der Waals surface area contributed by atoms with Crippen LogP contribution in [0.3, 0.4) is 0 Å². The minimum Gasteiger partial charge on any atom is -0.321 e. The molecule has 0 saturated carbocycles. The number of rotatable bonds is 4. The molecule has 1 unspecified atom stereocenters. The van der Waals surface area contributed by atoms with Crippen LogP contribution in [0.1, 0.15) is 15.9 Å². The molecule has 3 rings (SSSR count). The van der Waals surface area contributed by atoms with Crippen molar-refractivity contribution < 1.29 is 4.79 Å². The van der Waals surface area contributed by atoms with Gasteiger partial charge in [0.1, 0.15) is 0 Å². The van der Waals surface area contributed by atoms with Crippen molar-refractivity contribution in [1.82, 2.24) is 0 Å². The van der Waals surface area contributed by atoms with Gasteiger partial charge in [-0.25, -0.2) is 0 Å². The monoisotopic (exact) mass is 333 g/mol. The Morgan fingerprint density at radius 1 is 0.833 bits per heavy atom. The van der Waals surface area contributed by atoms with Gasteiger partial charge in [0.25, 0.3) is 5.91 Å². The highest BCUT2D eigenvalue weighted by atomic mass is 31.1. The summed E-state index contributed by atoms with van der Waals surface area (Å²) >= 11 is 0. The van der Waals surface area contributed by atoms with Crippen molar-refractivity contribution in [3.8, 4) is 11.1 Å². The van der Waals surface area contributed by atoms with E-state index in [1.54, 1.807) is 0 Å². The Bertz CT molecular complexity index is 873.